The van der Waals surface area contributed by atoms with E-state index in [0.717, 1.165) is 40.3 Å². The molecule has 4 rings (SSSR count). The van der Waals surface area contributed by atoms with Crippen LogP contribution in [0.25, 0.3) is 22.6 Å². The fraction of sp³-hybridized carbons (Fsp3) is 0.185. The van der Waals surface area contributed by atoms with Gasteiger partial charge in [-0.25, -0.2) is 4.98 Å². The average Bonchev–Trinajstić information content (AvgIpc) is 3.23. The van der Waals surface area contributed by atoms with Crippen LogP contribution in [0.2, 0.25) is 0 Å². The predicted molar refractivity (Wildman–Crippen MR) is 131 cm³/mol. The van der Waals surface area contributed by atoms with Gasteiger partial charge in [0.25, 0.3) is 5.91 Å². The number of carbonyl (C=O) groups excluding carboxylic acids is 3. The van der Waals surface area contributed by atoms with Gasteiger partial charge in [0, 0.05) is 5.39 Å². The number of phenolic OH excluding ortho intramolecular Hbond substituents is 1. The second-order valence-electron chi connectivity index (χ2n) is 8.18. The Morgan fingerprint density at radius 2 is 1.85 bits per heavy atom. The minimum Gasteiger partial charge on any atom is -0.508 e. The highest BCUT2D eigenvalue weighted by Gasteiger charge is 2.28. The normalized spacial score (nSPS) is 14.4. The summed E-state index contributed by atoms with van der Waals surface area (Å²) in [6.07, 6.45) is 4.52. The van der Waals surface area contributed by atoms with Crippen molar-refractivity contribution in [3.63, 3.8) is 0 Å². The number of aromatic nitrogens is 1. The Labute approximate surface area is 197 Å². The molecular weight excluding hydrogens is 430 g/mol. The Morgan fingerprint density at radius 1 is 1.12 bits per heavy atom. The summed E-state index contributed by atoms with van der Waals surface area (Å²) in [4.78, 5) is 42.0. The SMILES string of the molecule is C=CC(=O)CNC(=O)[C@@H](C)NC(=O)c1c2c(nc3ccccc13)/C(=C/c1ccc(O)cc1)CC2. The molecule has 0 fully saturated rings. The summed E-state index contributed by atoms with van der Waals surface area (Å²) in [5, 5.41) is 15.5. The van der Waals surface area contributed by atoms with Gasteiger partial charge in [-0.3, -0.25) is 14.4 Å². The van der Waals surface area contributed by atoms with Crippen LogP contribution in [0.5, 0.6) is 5.75 Å². The van der Waals surface area contributed by atoms with Gasteiger partial charge < -0.3 is 15.7 Å². The van der Waals surface area contributed by atoms with E-state index in [2.05, 4.69) is 17.2 Å². The van der Waals surface area contributed by atoms with Gasteiger partial charge >= 0.3 is 0 Å². The number of hydrogen-bond donors (Lipinski definition) is 3. The van der Waals surface area contributed by atoms with Crippen molar-refractivity contribution in [3.8, 4) is 5.75 Å². The molecule has 0 saturated heterocycles. The van der Waals surface area contributed by atoms with Crippen LogP contribution in [0.1, 0.15) is 40.5 Å². The maximum atomic E-state index is 13.4. The number of carbonyl (C=O) groups is 3. The molecule has 3 N–H and O–H groups in total. The molecular formula is C27H25N3O4. The summed E-state index contributed by atoms with van der Waals surface area (Å²) >= 11 is 0. The summed E-state index contributed by atoms with van der Waals surface area (Å²) in [5.41, 5.74) is 4.76. The first-order valence-corrected chi connectivity index (χ1v) is 11.0. The second kappa shape index (κ2) is 9.70. The first-order valence-electron chi connectivity index (χ1n) is 11.0. The molecule has 1 heterocycles. The number of aromatic hydroxyl groups is 1. The van der Waals surface area contributed by atoms with Crippen LogP contribution >= 0.6 is 0 Å². The van der Waals surface area contributed by atoms with Gasteiger partial charge in [0.1, 0.15) is 11.8 Å². The van der Waals surface area contributed by atoms with Crippen LogP contribution in [0.15, 0.2) is 61.2 Å². The van der Waals surface area contributed by atoms with Crippen LogP contribution in [0.3, 0.4) is 0 Å². The van der Waals surface area contributed by atoms with Crippen LogP contribution in [-0.4, -0.2) is 40.3 Å². The standard InChI is InChI=1S/C27H25N3O4/c1-3-19(31)15-28-26(33)16(2)29-27(34)24-21-6-4-5-7-23(21)30-25-18(10-13-22(24)25)14-17-8-11-20(32)12-9-17/h3-9,11-12,14,16,32H,1,10,13,15H2,2H3,(H,28,33)(H,29,34)/b18-14+/t16-/m1/s1. The highest BCUT2D eigenvalue weighted by atomic mass is 16.3. The summed E-state index contributed by atoms with van der Waals surface area (Å²) in [5.74, 6) is -0.924. The molecule has 0 bridgehead atoms. The van der Waals surface area contributed by atoms with Crippen LogP contribution in [-0.2, 0) is 16.0 Å². The van der Waals surface area contributed by atoms with E-state index in [9.17, 15) is 19.5 Å². The number of phenols is 1. The van der Waals surface area contributed by atoms with E-state index in [1.807, 2.05) is 42.5 Å². The number of nitrogens with one attached hydrogen (secondary N) is 2. The number of nitrogens with zero attached hydrogens (tertiary/aromatic N) is 1. The van der Waals surface area contributed by atoms with Gasteiger partial charge in [-0.05, 0) is 66.8 Å². The second-order valence-corrected chi connectivity index (χ2v) is 8.18. The minimum atomic E-state index is -0.832. The molecule has 3 aromatic rings. The molecule has 0 aliphatic heterocycles. The van der Waals surface area contributed by atoms with E-state index in [1.165, 1.54) is 0 Å². The number of pyridine rings is 1. The molecule has 7 heteroatoms. The summed E-state index contributed by atoms with van der Waals surface area (Å²) < 4.78 is 0. The molecule has 1 aliphatic carbocycles. The molecule has 2 amide bonds. The lowest BCUT2D eigenvalue weighted by Crippen LogP contribution is -2.46. The van der Waals surface area contributed by atoms with Gasteiger partial charge in [-0.15, -0.1) is 0 Å². The van der Waals surface area contributed by atoms with E-state index in [1.54, 1.807) is 19.1 Å². The van der Waals surface area contributed by atoms with Crippen molar-refractivity contribution < 1.29 is 19.5 Å². The van der Waals surface area contributed by atoms with Crippen molar-refractivity contribution >= 4 is 40.1 Å². The van der Waals surface area contributed by atoms with Crippen molar-refractivity contribution in [2.24, 2.45) is 0 Å². The van der Waals surface area contributed by atoms with Crippen molar-refractivity contribution in [1.29, 1.82) is 0 Å². The molecule has 7 nitrogen and oxygen atoms in total. The van der Waals surface area contributed by atoms with Crippen molar-refractivity contribution in [1.82, 2.24) is 15.6 Å². The molecule has 1 atom stereocenters. The lowest BCUT2D eigenvalue weighted by Gasteiger charge is -2.17. The summed E-state index contributed by atoms with van der Waals surface area (Å²) in [6.45, 7) is 4.79. The maximum absolute atomic E-state index is 13.4. The van der Waals surface area contributed by atoms with Crippen LogP contribution < -0.4 is 10.6 Å². The molecule has 34 heavy (non-hydrogen) atoms. The Balaban J connectivity index is 1.67. The number of rotatable bonds is 7. The first-order chi connectivity index (χ1) is 16.4. The third kappa shape index (κ3) is 4.73. The number of amides is 2. The molecule has 0 unspecified atom stereocenters. The van der Waals surface area contributed by atoms with E-state index in [4.69, 9.17) is 4.98 Å². The average molecular weight is 456 g/mol. The smallest absolute Gasteiger partial charge is 0.252 e. The zero-order valence-corrected chi connectivity index (χ0v) is 18.8. The number of hydrogen-bond acceptors (Lipinski definition) is 5. The van der Waals surface area contributed by atoms with Crippen LogP contribution in [0, 0.1) is 0 Å². The fourth-order valence-electron chi connectivity index (χ4n) is 4.04. The number of ketones is 1. The van der Waals surface area contributed by atoms with Gasteiger partial charge in [-0.1, -0.05) is 36.9 Å². The predicted octanol–water partition coefficient (Wildman–Crippen LogP) is 3.42. The summed E-state index contributed by atoms with van der Waals surface area (Å²) in [6, 6.07) is 13.5. The summed E-state index contributed by atoms with van der Waals surface area (Å²) in [7, 11) is 0. The Kier molecular flexibility index (Phi) is 6.54. The minimum absolute atomic E-state index is 0.165. The number of benzene rings is 2. The molecule has 0 saturated carbocycles. The van der Waals surface area contributed by atoms with Gasteiger partial charge in [0.15, 0.2) is 5.78 Å². The molecule has 1 aromatic heterocycles. The zero-order valence-electron chi connectivity index (χ0n) is 18.8. The fourth-order valence-corrected chi connectivity index (χ4v) is 4.04. The van der Waals surface area contributed by atoms with E-state index < -0.39 is 11.9 Å². The maximum Gasteiger partial charge on any atom is 0.252 e. The monoisotopic (exact) mass is 455 g/mol. The molecule has 172 valence electrons. The highest BCUT2D eigenvalue weighted by molar-refractivity contribution is 6.10. The molecule has 1 aliphatic rings. The number of fused-ring (bicyclic) bond motifs is 2. The largest absolute Gasteiger partial charge is 0.508 e. The molecule has 2 aromatic carbocycles. The van der Waals surface area contributed by atoms with Gasteiger partial charge in [0.2, 0.25) is 5.91 Å². The van der Waals surface area contributed by atoms with Gasteiger partial charge in [-0.2, -0.15) is 0 Å². The van der Waals surface area contributed by atoms with Crippen molar-refractivity contribution in [2.75, 3.05) is 6.54 Å². The Hall–Kier alpha value is -4.26. The molecule has 0 radical (unpaired) electrons. The third-order valence-electron chi connectivity index (χ3n) is 5.81. The van der Waals surface area contributed by atoms with Crippen molar-refractivity contribution in [3.05, 3.63) is 83.6 Å². The Morgan fingerprint density at radius 3 is 2.59 bits per heavy atom. The Bertz CT molecular complexity index is 1330. The zero-order chi connectivity index (χ0) is 24.2. The lowest BCUT2D eigenvalue weighted by atomic mass is 9.99. The third-order valence-corrected chi connectivity index (χ3v) is 5.81. The first kappa shape index (κ1) is 22.9. The van der Waals surface area contributed by atoms with E-state index in [0.29, 0.717) is 17.5 Å². The molecule has 0 spiro atoms. The number of allylic oxidation sites excluding steroid dienone is 1. The number of para-hydroxylation sites is 1. The topological polar surface area (TPSA) is 108 Å². The lowest BCUT2D eigenvalue weighted by molar-refractivity contribution is -0.124. The quantitative estimate of drug-likeness (QED) is 0.473. The van der Waals surface area contributed by atoms with Crippen molar-refractivity contribution in [2.45, 2.75) is 25.8 Å². The van der Waals surface area contributed by atoms with Gasteiger partial charge in [0.05, 0.1) is 23.3 Å². The highest BCUT2D eigenvalue weighted by Crippen LogP contribution is 2.37. The van der Waals surface area contributed by atoms with E-state index in [-0.39, 0.29) is 24.0 Å². The van der Waals surface area contributed by atoms with E-state index >= 15 is 0 Å². The van der Waals surface area contributed by atoms with Crippen LogP contribution in [0.4, 0.5) is 0 Å².